The van der Waals surface area contributed by atoms with Crippen LogP contribution in [0.15, 0.2) is 6.20 Å². The normalized spacial score (nSPS) is 9.93. The van der Waals surface area contributed by atoms with Crippen LogP contribution >= 0.6 is 0 Å². The van der Waals surface area contributed by atoms with Gasteiger partial charge in [0.25, 0.3) is 0 Å². The van der Waals surface area contributed by atoms with Gasteiger partial charge in [-0.3, -0.25) is 4.79 Å². The molecule has 0 unspecified atom stereocenters. The number of carbonyl (C=O) groups is 1. The highest BCUT2D eigenvalue weighted by molar-refractivity contribution is 5.75. The number of nitrogens with zero attached hydrogens (tertiary/aromatic N) is 4. The molecular weight excluding hydrogens is 206 g/mol. The molecule has 0 bridgehead atoms. The van der Waals surface area contributed by atoms with Crippen LogP contribution in [0, 0.1) is 10.1 Å². The quantitative estimate of drug-likeness (QED) is 0.445. The largest absolute Gasteiger partial charge is 0.410 e. The number of hydrogen-bond donors (Lipinski definition) is 2. The van der Waals surface area contributed by atoms with Crippen LogP contribution in [-0.2, 0) is 11.3 Å². The van der Waals surface area contributed by atoms with Gasteiger partial charge in [-0.1, -0.05) is 4.80 Å². The summed E-state index contributed by atoms with van der Waals surface area (Å²) in [6, 6.07) is 0. The summed E-state index contributed by atoms with van der Waals surface area (Å²) in [5.41, 5.74) is 0. The van der Waals surface area contributed by atoms with Crippen molar-refractivity contribution >= 4 is 11.7 Å². The summed E-state index contributed by atoms with van der Waals surface area (Å²) < 4.78 is 0. The lowest BCUT2D eigenvalue weighted by molar-refractivity contribution is -0.389. The average molecular weight is 215 g/mol. The van der Waals surface area contributed by atoms with E-state index in [1.165, 1.54) is 0 Å². The zero-order valence-electron chi connectivity index (χ0n) is 7.66. The Kier molecular flexibility index (Phi) is 3.68. The second-order valence-electron chi connectivity index (χ2n) is 2.56. The zero-order chi connectivity index (χ0) is 11.3. The predicted molar refractivity (Wildman–Crippen MR) is 46.8 cm³/mol. The Bertz CT molecular complexity index is 362. The number of nitro groups is 1. The van der Waals surface area contributed by atoms with E-state index in [1.54, 1.807) is 0 Å². The number of rotatable bonds is 5. The minimum atomic E-state index is -0.699. The summed E-state index contributed by atoms with van der Waals surface area (Å²) in [6.45, 7) is -0.255. The molecule has 9 heteroatoms. The van der Waals surface area contributed by atoms with Gasteiger partial charge in [-0.15, -0.1) is 5.10 Å². The van der Waals surface area contributed by atoms with E-state index in [1.807, 2.05) is 0 Å². The molecule has 15 heavy (non-hydrogen) atoms. The Labute approximate surface area is 83.8 Å². The van der Waals surface area contributed by atoms with E-state index in [0.29, 0.717) is 0 Å². The number of aliphatic hydroxyl groups excluding tert-OH is 1. The summed E-state index contributed by atoms with van der Waals surface area (Å²) in [7, 11) is 0. The van der Waals surface area contributed by atoms with Gasteiger partial charge < -0.3 is 20.5 Å². The predicted octanol–water partition coefficient (Wildman–Crippen LogP) is -1.71. The van der Waals surface area contributed by atoms with E-state index < -0.39 is 16.6 Å². The van der Waals surface area contributed by atoms with Gasteiger partial charge in [0.15, 0.2) is 12.7 Å². The molecule has 1 aromatic rings. The summed E-state index contributed by atoms with van der Waals surface area (Å²) >= 11 is 0. The third-order valence-corrected chi connectivity index (χ3v) is 1.43. The number of carbonyl (C=O) groups excluding carboxylic acids is 1. The van der Waals surface area contributed by atoms with Gasteiger partial charge in [-0.05, 0) is 4.92 Å². The van der Waals surface area contributed by atoms with Gasteiger partial charge in [0.05, 0.1) is 11.7 Å². The fourth-order valence-electron chi connectivity index (χ4n) is 0.828. The highest BCUT2D eigenvalue weighted by atomic mass is 16.6. The SMILES string of the molecule is O=C(Cn1ncc([N+](=O)[O-])n1)NCCO. The van der Waals surface area contributed by atoms with Crippen LogP contribution in [0.4, 0.5) is 5.82 Å². The summed E-state index contributed by atoms with van der Waals surface area (Å²) in [5, 5.41) is 28.0. The summed E-state index contributed by atoms with van der Waals surface area (Å²) in [6.07, 6.45) is 0.958. The second-order valence-corrected chi connectivity index (χ2v) is 2.56. The molecule has 0 saturated heterocycles. The Morgan fingerprint density at radius 2 is 2.47 bits per heavy atom. The van der Waals surface area contributed by atoms with Crippen LogP contribution in [0.3, 0.4) is 0 Å². The van der Waals surface area contributed by atoms with Crippen LogP contribution in [0.5, 0.6) is 0 Å². The van der Waals surface area contributed by atoms with Crippen molar-refractivity contribution in [2.24, 2.45) is 0 Å². The van der Waals surface area contributed by atoms with Crippen molar-refractivity contribution in [3.05, 3.63) is 16.3 Å². The number of amides is 1. The van der Waals surface area contributed by atoms with Gasteiger partial charge in [0, 0.05) is 6.54 Å². The smallest absolute Gasteiger partial charge is 0.395 e. The topological polar surface area (TPSA) is 123 Å². The Balaban J connectivity index is 2.50. The van der Waals surface area contributed by atoms with Crippen molar-refractivity contribution in [3.8, 4) is 0 Å². The highest BCUT2D eigenvalue weighted by Gasteiger charge is 2.14. The van der Waals surface area contributed by atoms with Crippen LogP contribution in [-0.4, -0.2) is 44.1 Å². The molecule has 0 spiro atoms. The molecular formula is C6H9N5O4. The van der Waals surface area contributed by atoms with E-state index >= 15 is 0 Å². The number of aromatic nitrogens is 3. The molecule has 0 aliphatic heterocycles. The minimum absolute atomic E-state index is 0.127. The van der Waals surface area contributed by atoms with E-state index in [9.17, 15) is 14.9 Å². The Hall–Kier alpha value is -2.03. The summed E-state index contributed by atoms with van der Waals surface area (Å²) in [5.74, 6) is -0.834. The third kappa shape index (κ3) is 3.31. The maximum Gasteiger partial charge on any atom is 0.410 e. The maximum atomic E-state index is 11.1. The monoisotopic (exact) mass is 215 g/mol. The highest BCUT2D eigenvalue weighted by Crippen LogP contribution is 2.01. The van der Waals surface area contributed by atoms with Crippen molar-refractivity contribution in [3.63, 3.8) is 0 Å². The van der Waals surface area contributed by atoms with Crippen LogP contribution < -0.4 is 5.32 Å². The molecule has 0 saturated carbocycles. The van der Waals surface area contributed by atoms with Gasteiger partial charge in [-0.2, -0.15) is 0 Å². The second kappa shape index (κ2) is 5.00. The molecule has 0 aromatic carbocycles. The first-order chi connectivity index (χ1) is 7.13. The van der Waals surface area contributed by atoms with Gasteiger partial charge in [0.2, 0.25) is 5.91 Å². The number of aliphatic hydroxyl groups is 1. The Morgan fingerprint density at radius 3 is 3.00 bits per heavy atom. The van der Waals surface area contributed by atoms with E-state index in [-0.39, 0.29) is 19.7 Å². The first kappa shape index (κ1) is 11.0. The van der Waals surface area contributed by atoms with Gasteiger partial charge in [0.1, 0.15) is 0 Å². The lowest BCUT2D eigenvalue weighted by atomic mass is 10.5. The van der Waals surface area contributed by atoms with E-state index in [2.05, 4.69) is 15.5 Å². The molecule has 1 amide bonds. The first-order valence-electron chi connectivity index (χ1n) is 4.05. The first-order valence-corrected chi connectivity index (χ1v) is 4.05. The number of hydrogen-bond acceptors (Lipinski definition) is 6. The lowest BCUT2D eigenvalue weighted by Gasteiger charge is -1.98. The zero-order valence-corrected chi connectivity index (χ0v) is 7.66. The minimum Gasteiger partial charge on any atom is -0.395 e. The van der Waals surface area contributed by atoms with Crippen molar-refractivity contribution in [1.82, 2.24) is 20.3 Å². The van der Waals surface area contributed by atoms with Gasteiger partial charge >= 0.3 is 5.82 Å². The fraction of sp³-hybridized carbons (Fsp3) is 0.500. The molecule has 0 aliphatic carbocycles. The average Bonchev–Trinajstić information content (AvgIpc) is 2.63. The molecule has 0 fully saturated rings. The van der Waals surface area contributed by atoms with Crippen molar-refractivity contribution in [2.75, 3.05) is 13.2 Å². The Morgan fingerprint density at radius 1 is 1.73 bits per heavy atom. The van der Waals surface area contributed by atoms with Crippen LogP contribution in [0.1, 0.15) is 0 Å². The molecule has 1 heterocycles. The van der Waals surface area contributed by atoms with E-state index in [4.69, 9.17) is 5.11 Å². The molecule has 0 atom stereocenters. The lowest BCUT2D eigenvalue weighted by Crippen LogP contribution is -2.30. The fourth-order valence-corrected chi connectivity index (χ4v) is 0.828. The summed E-state index contributed by atoms with van der Waals surface area (Å²) in [4.78, 5) is 21.5. The van der Waals surface area contributed by atoms with Gasteiger partial charge in [-0.25, -0.2) is 0 Å². The molecule has 2 N–H and O–H groups in total. The van der Waals surface area contributed by atoms with Crippen LogP contribution in [0.2, 0.25) is 0 Å². The molecule has 1 aromatic heterocycles. The molecule has 9 nitrogen and oxygen atoms in total. The maximum absolute atomic E-state index is 11.1. The standard InChI is InChI=1S/C6H9N5O4/c12-2-1-7-6(13)4-10-8-3-5(9-10)11(14)15/h3,12H,1-2,4H2,(H,7,13). The van der Waals surface area contributed by atoms with E-state index in [0.717, 1.165) is 11.0 Å². The molecule has 82 valence electrons. The van der Waals surface area contributed by atoms with Crippen LogP contribution in [0.25, 0.3) is 0 Å². The van der Waals surface area contributed by atoms with Crippen molar-refractivity contribution in [1.29, 1.82) is 0 Å². The van der Waals surface area contributed by atoms with Crippen molar-refractivity contribution < 1.29 is 14.8 Å². The molecule has 1 rings (SSSR count). The number of nitrogens with one attached hydrogen (secondary N) is 1. The molecule has 0 aliphatic rings. The third-order valence-electron chi connectivity index (χ3n) is 1.43. The van der Waals surface area contributed by atoms with Crippen molar-refractivity contribution in [2.45, 2.75) is 6.54 Å². The molecule has 0 radical (unpaired) electrons.